The molecule has 0 aliphatic heterocycles. The van der Waals surface area contributed by atoms with E-state index >= 15 is 0 Å². The van der Waals surface area contributed by atoms with Gasteiger partial charge < -0.3 is 15.4 Å². The van der Waals surface area contributed by atoms with Gasteiger partial charge >= 0.3 is 6.03 Å². The van der Waals surface area contributed by atoms with Gasteiger partial charge in [-0.15, -0.1) is 0 Å². The number of carbonyl (C=O) groups is 1. The summed E-state index contributed by atoms with van der Waals surface area (Å²) in [6, 6.07) is 11.4. The van der Waals surface area contributed by atoms with Gasteiger partial charge in [-0.3, -0.25) is 0 Å². The van der Waals surface area contributed by atoms with Crippen molar-refractivity contribution in [1.82, 2.24) is 0 Å². The van der Waals surface area contributed by atoms with Crippen LogP contribution in [0.4, 0.5) is 20.6 Å². The highest BCUT2D eigenvalue weighted by molar-refractivity contribution is 5.99. The number of halogens is 1. The molecule has 0 spiro atoms. The Labute approximate surface area is 122 Å². The maximum atomic E-state index is 13.4. The van der Waals surface area contributed by atoms with Gasteiger partial charge in [0.05, 0.1) is 6.61 Å². The number of anilines is 2. The van der Waals surface area contributed by atoms with E-state index in [1.807, 2.05) is 12.1 Å². The Bertz CT molecular complexity index is 627. The molecule has 2 aromatic carbocycles. The Morgan fingerprint density at radius 1 is 1.10 bits per heavy atom. The highest BCUT2D eigenvalue weighted by Crippen LogP contribution is 2.15. The number of aryl methyl sites for hydroxylation is 1. The van der Waals surface area contributed by atoms with Crippen LogP contribution in [0.2, 0.25) is 0 Å². The summed E-state index contributed by atoms with van der Waals surface area (Å²) in [4.78, 5) is 11.8. The van der Waals surface area contributed by atoms with E-state index in [4.69, 9.17) is 4.74 Å². The third kappa shape index (κ3) is 4.29. The Hall–Kier alpha value is -2.40. The highest BCUT2D eigenvalue weighted by atomic mass is 19.1. The van der Waals surface area contributed by atoms with Gasteiger partial charge in [0.1, 0.15) is 5.82 Å². The average molecular weight is 288 g/mol. The Kier molecular flexibility index (Phi) is 4.90. The molecule has 110 valence electrons. The van der Waals surface area contributed by atoms with E-state index in [2.05, 4.69) is 10.6 Å². The van der Waals surface area contributed by atoms with Gasteiger partial charge in [0.25, 0.3) is 0 Å². The number of amides is 2. The zero-order valence-electron chi connectivity index (χ0n) is 11.9. The van der Waals surface area contributed by atoms with E-state index in [0.717, 1.165) is 5.56 Å². The van der Waals surface area contributed by atoms with Crippen molar-refractivity contribution in [2.75, 3.05) is 17.7 Å². The second-order valence-electron chi connectivity index (χ2n) is 4.67. The first-order valence-corrected chi connectivity index (χ1v) is 6.50. The second kappa shape index (κ2) is 6.85. The largest absolute Gasteiger partial charge is 0.380 e. The predicted molar refractivity (Wildman–Crippen MR) is 80.9 cm³/mol. The predicted octanol–water partition coefficient (Wildman–Crippen LogP) is 3.92. The van der Waals surface area contributed by atoms with Crippen molar-refractivity contribution < 1.29 is 13.9 Å². The molecule has 0 aliphatic rings. The van der Waals surface area contributed by atoms with Gasteiger partial charge in [-0.25, -0.2) is 9.18 Å². The maximum absolute atomic E-state index is 13.4. The van der Waals surface area contributed by atoms with E-state index < -0.39 is 6.03 Å². The standard InChI is InChI=1S/C16H17FN2O2/c1-11-3-6-14(9-15(11)17)19-16(20)18-13-7-4-12(5-8-13)10-21-2/h3-9H,10H2,1-2H3,(H2,18,19,20). The average Bonchev–Trinajstić information content (AvgIpc) is 2.45. The smallest absolute Gasteiger partial charge is 0.323 e. The SMILES string of the molecule is COCc1ccc(NC(=O)Nc2ccc(C)c(F)c2)cc1. The summed E-state index contributed by atoms with van der Waals surface area (Å²) in [6.07, 6.45) is 0. The number of rotatable bonds is 4. The van der Waals surface area contributed by atoms with Crippen LogP contribution in [-0.4, -0.2) is 13.1 Å². The molecule has 0 aliphatic carbocycles. The van der Waals surface area contributed by atoms with E-state index in [0.29, 0.717) is 23.5 Å². The van der Waals surface area contributed by atoms with Gasteiger partial charge in [0.2, 0.25) is 0 Å². The van der Waals surface area contributed by atoms with Crippen LogP contribution >= 0.6 is 0 Å². The van der Waals surface area contributed by atoms with Crippen molar-refractivity contribution in [2.24, 2.45) is 0 Å². The number of benzene rings is 2. The molecular weight excluding hydrogens is 271 g/mol. The van der Waals surface area contributed by atoms with Gasteiger partial charge in [0.15, 0.2) is 0 Å². The molecule has 0 saturated carbocycles. The van der Waals surface area contributed by atoms with Crippen LogP contribution in [-0.2, 0) is 11.3 Å². The fourth-order valence-electron chi connectivity index (χ4n) is 1.82. The van der Waals surface area contributed by atoms with Crippen LogP contribution in [0, 0.1) is 12.7 Å². The molecule has 0 saturated heterocycles. The number of urea groups is 1. The molecule has 0 bridgehead atoms. The lowest BCUT2D eigenvalue weighted by Gasteiger charge is -2.09. The minimum absolute atomic E-state index is 0.350. The third-order valence-corrected chi connectivity index (χ3v) is 2.95. The highest BCUT2D eigenvalue weighted by Gasteiger charge is 2.05. The summed E-state index contributed by atoms with van der Waals surface area (Å²) in [5, 5.41) is 5.26. The summed E-state index contributed by atoms with van der Waals surface area (Å²) in [7, 11) is 1.63. The molecule has 0 unspecified atom stereocenters. The Morgan fingerprint density at radius 2 is 1.71 bits per heavy atom. The molecule has 0 radical (unpaired) electrons. The maximum Gasteiger partial charge on any atom is 0.323 e. The molecule has 2 rings (SSSR count). The minimum atomic E-state index is -0.419. The van der Waals surface area contributed by atoms with Crippen LogP contribution in [0.15, 0.2) is 42.5 Å². The molecule has 2 amide bonds. The number of hydrogen-bond donors (Lipinski definition) is 2. The van der Waals surface area contributed by atoms with Crippen molar-refractivity contribution in [3.63, 3.8) is 0 Å². The Balaban J connectivity index is 1.96. The van der Waals surface area contributed by atoms with Crippen molar-refractivity contribution in [2.45, 2.75) is 13.5 Å². The molecule has 0 heterocycles. The number of ether oxygens (including phenoxy) is 1. The van der Waals surface area contributed by atoms with E-state index in [1.54, 1.807) is 38.3 Å². The first kappa shape index (κ1) is 15.0. The normalized spacial score (nSPS) is 10.2. The molecule has 2 N–H and O–H groups in total. The quantitative estimate of drug-likeness (QED) is 0.895. The number of methoxy groups -OCH3 is 1. The van der Waals surface area contributed by atoms with E-state index in [9.17, 15) is 9.18 Å². The third-order valence-electron chi connectivity index (χ3n) is 2.95. The topological polar surface area (TPSA) is 50.4 Å². The summed E-state index contributed by atoms with van der Waals surface area (Å²) >= 11 is 0. The first-order valence-electron chi connectivity index (χ1n) is 6.50. The van der Waals surface area contributed by atoms with Crippen molar-refractivity contribution in [3.8, 4) is 0 Å². The van der Waals surface area contributed by atoms with Crippen LogP contribution in [0.25, 0.3) is 0 Å². The van der Waals surface area contributed by atoms with Crippen LogP contribution in [0.1, 0.15) is 11.1 Å². The van der Waals surface area contributed by atoms with Gasteiger partial charge in [-0.05, 0) is 42.3 Å². The molecule has 5 heteroatoms. The lowest BCUT2D eigenvalue weighted by Crippen LogP contribution is -2.19. The van der Waals surface area contributed by atoms with Gasteiger partial charge in [-0.1, -0.05) is 18.2 Å². The molecule has 0 atom stereocenters. The summed E-state index contributed by atoms with van der Waals surface area (Å²) in [5.41, 5.74) is 2.62. The van der Waals surface area contributed by atoms with Crippen molar-refractivity contribution >= 4 is 17.4 Å². The molecule has 2 aromatic rings. The molecular formula is C16H17FN2O2. The zero-order valence-corrected chi connectivity index (χ0v) is 11.9. The summed E-state index contributed by atoms with van der Waals surface area (Å²) in [5.74, 6) is -0.350. The number of carbonyl (C=O) groups excluding carboxylic acids is 1. The van der Waals surface area contributed by atoms with Gasteiger partial charge in [0, 0.05) is 18.5 Å². The van der Waals surface area contributed by atoms with Crippen molar-refractivity contribution in [3.05, 3.63) is 59.4 Å². The van der Waals surface area contributed by atoms with Crippen LogP contribution in [0.3, 0.4) is 0 Å². The number of nitrogens with one attached hydrogen (secondary N) is 2. The van der Waals surface area contributed by atoms with Crippen LogP contribution < -0.4 is 10.6 Å². The molecule has 0 aromatic heterocycles. The fraction of sp³-hybridized carbons (Fsp3) is 0.188. The molecule has 4 nitrogen and oxygen atoms in total. The summed E-state index contributed by atoms with van der Waals surface area (Å²) in [6.45, 7) is 2.19. The first-order chi connectivity index (χ1) is 10.1. The summed E-state index contributed by atoms with van der Waals surface area (Å²) < 4.78 is 18.4. The van der Waals surface area contributed by atoms with E-state index in [-0.39, 0.29) is 5.82 Å². The zero-order chi connectivity index (χ0) is 15.2. The minimum Gasteiger partial charge on any atom is -0.380 e. The van der Waals surface area contributed by atoms with Crippen molar-refractivity contribution in [1.29, 1.82) is 0 Å². The lowest BCUT2D eigenvalue weighted by molar-refractivity contribution is 0.185. The van der Waals surface area contributed by atoms with Gasteiger partial charge in [-0.2, -0.15) is 0 Å². The molecule has 0 fully saturated rings. The number of hydrogen-bond acceptors (Lipinski definition) is 2. The fourth-order valence-corrected chi connectivity index (χ4v) is 1.82. The van der Waals surface area contributed by atoms with E-state index in [1.165, 1.54) is 6.07 Å². The molecule has 21 heavy (non-hydrogen) atoms. The lowest BCUT2D eigenvalue weighted by atomic mass is 10.2. The van der Waals surface area contributed by atoms with Crippen LogP contribution in [0.5, 0.6) is 0 Å². The monoisotopic (exact) mass is 288 g/mol. The Morgan fingerprint density at radius 3 is 2.33 bits per heavy atom. The second-order valence-corrected chi connectivity index (χ2v) is 4.67.